The molecule has 29 heavy (non-hydrogen) atoms. The van der Waals surface area contributed by atoms with Crippen molar-refractivity contribution in [3.05, 3.63) is 66.5 Å². The Morgan fingerprint density at radius 3 is 2.90 bits per heavy atom. The third-order valence-electron chi connectivity index (χ3n) is 4.31. The van der Waals surface area contributed by atoms with Gasteiger partial charge in [0.05, 0.1) is 30.0 Å². The smallest absolute Gasteiger partial charge is 0.287 e. The molecule has 4 rings (SSSR count). The molecule has 3 heterocycles. The normalized spacial score (nSPS) is 11.6. The molecule has 0 bridgehead atoms. The van der Waals surface area contributed by atoms with Crippen molar-refractivity contribution in [1.82, 2.24) is 29.9 Å². The van der Waals surface area contributed by atoms with Crippen molar-refractivity contribution in [2.45, 2.75) is 19.4 Å². The Morgan fingerprint density at radius 1 is 1.24 bits per heavy atom. The number of hydrogen-bond acceptors (Lipinski definition) is 5. The first-order chi connectivity index (χ1) is 14.1. The first-order valence-corrected chi connectivity index (χ1v) is 9.10. The number of aromatic amines is 1. The summed E-state index contributed by atoms with van der Waals surface area (Å²) in [6, 6.07) is 11.3. The molecule has 4 aromatic rings. The molecular weight excluding hydrogens is 366 g/mol. The van der Waals surface area contributed by atoms with Crippen LogP contribution in [0.1, 0.15) is 29.7 Å². The molecule has 1 atom stereocenters. The number of carbonyl (C=O) groups is 1. The molecule has 0 aliphatic rings. The van der Waals surface area contributed by atoms with E-state index in [1.54, 1.807) is 29.2 Å². The number of fused-ring (bicyclic) bond motifs is 1. The van der Waals surface area contributed by atoms with Gasteiger partial charge in [0.25, 0.3) is 5.91 Å². The fraction of sp³-hybridized carbons (Fsp3) is 0.143. The van der Waals surface area contributed by atoms with Crippen molar-refractivity contribution in [3.8, 4) is 23.1 Å². The highest BCUT2D eigenvalue weighted by Crippen LogP contribution is 2.16. The summed E-state index contributed by atoms with van der Waals surface area (Å²) in [6.07, 6.45) is 5.35. The maximum Gasteiger partial charge on any atom is 0.287 e. The summed E-state index contributed by atoms with van der Waals surface area (Å²) in [5, 5.41) is 7.10. The zero-order valence-corrected chi connectivity index (χ0v) is 15.8. The van der Waals surface area contributed by atoms with Gasteiger partial charge in [-0.25, -0.2) is 14.5 Å². The van der Waals surface area contributed by atoms with Gasteiger partial charge in [-0.1, -0.05) is 36.3 Å². The van der Waals surface area contributed by atoms with E-state index >= 15 is 0 Å². The molecule has 1 amide bonds. The number of benzene rings is 1. The Bertz CT molecular complexity index is 1210. The fourth-order valence-electron chi connectivity index (χ4n) is 2.84. The molecule has 0 aliphatic carbocycles. The number of amides is 1. The number of rotatable bonds is 4. The highest BCUT2D eigenvalue weighted by Gasteiger charge is 2.13. The Hall–Kier alpha value is -4.12. The Labute approximate surface area is 167 Å². The summed E-state index contributed by atoms with van der Waals surface area (Å²) in [7, 11) is 0. The zero-order chi connectivity index (χ0) is 20.2. The van der Waals surface area contributed by atoms with Crippen LogP contribution < -0.4 is 11.1 Å². The van der Waals surface area contributed by atoms with Crippen LogP contribution in [0.4, 0.5) is 5.69 Å². The number of aromatic nitrogens is 5. The molecule has 0 radical (unpaired) electrons. The Morgan fingerprint density at radius 2 is 2.07 bits per heavy atom. The number of carbonyl (C=O) groups excluding carboxylic acids is 1. The van der Waals surface area contributed by atoms with Crippen molar-refractivity contribution in [2.75, 3.05) is 5.73 Å². The lowest BCUT2D eigenvalue weighted by molar-refractivity contribution is 0.0931. The second kappa shape index (κ2) is 7.86. The van der Waals surface area contributed by atoms with E-state index in [2.05, 4.69) is 37.2 Å². The zero-order valence-electron chi connectivity index (χ0n) is 15.8. The van der Waals surface area contributed by atoms with Crippen molar-refractivity contribution in [2.24, 2.45) is 0 Å². The van der Waals surface area contributed by atoms with Crippen LogP contribution in [0.3, 0.4) is 0 Å². The summed E-state index contributed by atoms with van der Waals surface area (Å²) >= 11 is 0. The first kappa shape index (κ1) is 18.3. The number of nitrogens with zero attached hydrogens (tertiary/aromatic N) is 4. The van der Waals surface area contributed by atoms with Gasteiger partial charge in [-0.2, -0.15) is 5.10 Å². The first-order valence-electron chi connectivity index (χ1n) is 9.10. The molecule has 0 unspecified atom stereocenters. The standard InChI is InChI=1S/C21H19N7O/c1-14(6-5-9-16-12-24-20-17(22)10-11-25-28(16)20)26-21(29)19-23-13-18(27-19)15-7-3-2-4-8-15/h2-4,7-8,10-14H,6,22H2,1H3,(H,23,27)(H,26,29)/t14-/m0/s1. The summed E-state index contributed by atoms with van der Waals surface area (Å²) in [4.78, 5) is 23.9. The number of anilines is 1. The molecule has 0 spiro atoms. The van der Waals surface area contributed by atoms with Crippen molar-refractivity contribution >= 4 is 17.2 Å². The third kappa shape index (κ3) is 3.94. The second-order valence-electron chi connectivity index (χ2n) is 6.56. The maximum atomic E-state index is 12.4. The minimum atomic E-state index is -0.272. The topological polar surface area (TPSA) is 114 Å². The molecule has 0 saturated carbocycles. The van der Waals surface area contributed by atoms with E-state index in [0.717, 1.165) is 11.3 Å². The van der Waals surface area contributed by atoms with E-state index in [4.69, 9.17) is 5.73 Å². The molecule has 1 aromatic carbocycles. The highest BCUT2D eigenvalue weighted by molar-refractivity contribution is 5.91. The minimum Gasteiger partial charge on any atom is -0.396 e. The number of H-pyrrole nitrogens is 1. The van der Waals surface area contributed by atoms with Crippen LogP contribution in [0.25, 0.3) is 16.9 Å². The molecule has 0 saturated heterocycles. The number of imidazole rings is 2. The molecule has 4 N–H and O–H groups in total. The highest BCUT2D eigenvalue weighted by atomic mass is 16.2. The van der Waals surface area contributed by atoms with Crippen LogP contribution in [-0.4, -0.2) is 36.5 Å². The van der Waals surface area contributed by atoms with Gasteiger partial charge in [0.15, 0.2) is 11.5 Å². The van der Waals surface area contributed by atoms with Gasteiger partial charge in [0.2, 0.25) is 0 Å². The number of nitrogen functional groups attached to an aromatic ring is 1. The average molecular weight is 385 g/mol. The van der Waals surface area contributed by atoms with Crippen LogP contribution in [0, 0.1) is 11.8 Å². The van der Waals surface area contributed by atoms with Gasteiger partial charge in [-0.3, -0.25) is 4.79 Å². The lowest BCUT2D eigenvalue weighted by Crippen LogP contribution is -2.32. The van der Waals surface area contributed by atoms with E-state index in [1.165, 1.54) is 0 Å². The molecule has 0 fully saturated rings. The Kier molecular flexibility index (Phi) is 4.95. The largest absolute Gasteiger partial charge is 0.396 e. The van der Waals surface area contributed by atoms with Crippen molar-refractivity contribution < 1.29 is 4.79 Å². The van der Waals surface area contributed by atoms with Crippen LogP contribution in [-0.2, 0) is 0 Å². The number of nitrogens with two attached hydrogens (primary N) is 1. The second-order valence-corrected chi connectivity index (χ2v) is 6.56. The molecule has 8 nitrogen and oxygen atoms in total. The lowest BCUT2D eigenvalue weighted by Gasteiger charge is -2.09. The van der Waals surface area contributed by atoms with E-state index in [0.29, 0.717) is 23.4 Å². The van der Waals surface area contributed by atoms with Crippen LogP contribution >= 0.6 is 0 Å². The van der Waals surface area contributed by atoms with E-state index in [1.807, 2.05) is 37.3 Å². The van der Waals surface area contributed by atoms with E-state index in [9.17, 15) is 4.79 Å². The van der Waals surface area contributed by atoms with Gasteiger partial charge in [0, 0.05) is 12.5 Å². The summed E-state index contributed by atoms with van der Waals surface area (Å²) in [5.74, 6) is 6.07. The number of nitrogens with one attached hydrogen (secondary N) is 2. The van der Waals surface area contributed by atoms with Crippen LogP contribution in [0.15, 0.2) is 55.0 Å². The molecule has 144 valence electrons. The molecule has 0 aliphatic heterocycles. The monoisotopic (exact) mass is 385 g/mol. The molecule has 8 heteroatoms. The van der Waals surface area contributed by atoms with Gasteiger partial charge in [-0.05, 0) is 24.5 Å². The lowest BCUT2D eigenvalue weighted by atomic mass is 10.2. The average Bonchev–Trinajstić information content (AvgIpc) is 3.37. The van der Waals surface area contributed by atoms with Crippen LogP contribution in [0.2, 0.25) is 0 Å². The summed E-state index contributed by atoms with van der Waals surface area (Å²) in [5.41, 5.74) is 9.39. The van der Waals surface area contributed by atoms with Gasteiger partial charge in [0.1, 0.15) is 5.69 Å². The van der Waals surface area contributed by atoms with Gasteiger partial charge < -0.3 is 16.0 Å². The maximum absolute atomic E-state index is 12.4. The predicted molar refractivity (Wildman–Crippen MR) is 110 cm³/mol. The molecular formula is C21H19N7O. The van der Waals surface area contributed by atoms with E-state index in [-0.39, 0.29) is 17.8 Å². The van der Waals surface area contributed by atoms with Crippen molar-refractivity contribution in [1.29, 1.82) is 0 Å². The molecule has 3 aromatic heterocycles. The van der Waals surface area contributed by atoms with Crippen molar-refractivity contribution in [3.63, 3.8) is 0 Å². The Balaban J connectivity index is 1.38. The third-order valence-corrected chi connectivity index (χ3v) is 4.31. The number of hydrogen-bond donors (Lipinski definition) is 3. The summed E-state index contributed by atoms with van der Waals surface area (Å²) < 4.78 is 1.60. The van der Waals surface area contributed by atoms with Gasteiger partial charge >= 0.3 is 0 Å². The fourth-order valence-corrected chi connectivity index (χ4v) is 2.84. The predicted octanol–water partition coefficient (Wildman–Crippen LogP) is 2.26. The SMILES string of the molecule is C[C@@H](CC#Cc1cnc2c(N)ccnn12)NC(=O)c1ncc(-c2ccccc2)[nH]1. The van der Waals surface area contributed by atoms with E-state index < -0.39 is 0 Å². The quantitative estimate of drug-likeness (QED) is 0.466. The minimum absolute atomic E-state index is 0.155. The van der Waals surface area contributed by atoms with Crippen LogP contribution in [0.5, 0.6) is 0 Å². The summed E-state index contributed by atoms with van der Waals surface area (Å²) in [6.45, 7) is 1.89. The van der Waals surface area contributed by atoms with Gasteiger partial charge in [-0.15, -0.1) is 0 Å².